The number of hydrogen-bond donors (Lipinski definition) is 0. The number of ether oxygens (including phenoxy) is 2. The number of alkyl halides is 6. The highest BCUT2D eigenvalue weighted by molar-refractivity contribution is 6.42. The van der Waals surface area contributed by atoms with Gasteiger partial charge in [0.15, 0.2) is 0 Å². The number of fused-ring (bicyclic) bond motifs is 3. The molecule has 2 heterocycles. The summed E-state index contributed by atoms with van der Waals surface area (Å²) in [6.45, 7) is 2.23. The maximum absolute atomic E-state index is 13.9. The van der Waals surface area contributed by atoms with E-state index >= 15 is 0 Å². The van der Waals surface area contributed by atoms with Gasteiger partial charge in [0, 0.05) is 56.8 Å². The van der Waals surface area contributed by atoms with Crippen molar-refractivity contribution in [2.45, 2.75) is 61.6 Å². The fourth-order valence-electron chi connectivity index (χ4n) is 10.1. The number of nitrogens with zero attached hydrogens (tertiary/aromatic N) is 4. The van der Waals surface area contributed by atoms with Crippen LogP contribution in [0.2, 0.25) is 10.0 Å². The second-order valence-electron chi connectivity index (χ2n) is 18.4. The molecule has 0 radical (unpaired) electrons. The first-order valence-electron chi connectivity index (χ1n) is 22.9. The van der Waals surface area contributed by atoms with Gasteiger partial charge in [0.1, 0.15) is 12.2 Å². The SMILES string of the molecule is CN(CCCN(C)C(=O)c1ccc2ccccc2c1)C(=O)CO[C@H]1Cc2ccccc2C12CCN(CC[C@@]1(c3ccc(Cl)c(Cl)c3)CN(C(=O)c3cc(C(F)(F)F)cc(C(F)(F)F)c3)CCO1)CC2. The Kier molecular flexibility index (Phi) is 14.7. The van der Waals surface area contributed by atoms with Crippen LogP contribution < -0.4 is 0 Å². The first kappa shape index (κ1) is 50.2. The molecular weight excluding hydrogens is 945 g/mol. The quantitative estimate of drug-likeness (QED) is 0.109. The van der Waals surface area contributed by atoms with Crippen molar-refractivity contribution < 1.29 is 50.2 Å². The molecule has 5 aromatic rings. The standard InChI is InChI=1S/C52H52Cl2F6N4O5/c1-61(19-7-20-62(2)47(66)37-13-12-34-8-3-4-9-35(34)26-37)46(65)32-68-45-29-36-10-5-6-11-42(36)49(45)16-21-63(22-17-49)23-18-50(39-14-15-43(53)44(54)31-39)33-64(24-25-69-50)48(67)38-27-40(51(55,56)57)30-41(28-38)52(58,59)60/h3-6,8-15,26-28,30-31,45H,7,16-25,29,32-33H2,1-2H3/t45-,50-/m0/s1. The van der Waals surface area contributed by atoms with E-state index in [4.69, 9.17) is 32.7 Å². The summed E-state index contributed by atoms with van der Waals surface area (Å²) in [5, 5.41) is 2.52. The molecule has 1 spiro atoms. The van der Waals surface area contributed by atoms with Crippen molar-refractivity contribution >= 4 is 51.7 Å². The van der Waals surface area contributed by atoms with Crippen molar-refractivity contribution in [3.05, 3.63) is 152 Å². The largest absolute Gasteiger partial charge is 0.416 e. The summed E-state index contributed by atoms with van der Waals surface area (Å²) in [7, 11) is 3.49. The van der Waals surface area contributed by atoms with Gasteiger partial charge in [-0.2, -0.15) is 26.3 Å². The van der Waals surface area contributed by atoms with E-state index in [0.29, 0.717) is 88.1 Å². The monoisotopic (exact) mass is 996 g/mol. The minimum atomic E-state index is -5.12. The zero-order chi connectivity index (χ0) is 49.3. The lowest BCUT2D eigenvalue weighted by atomic mass is 9.72. The van der Waals surface area contributed by atoms with Crippen LogP contribution in [0.3, 0.4) is 0 Å². The molecule has 0 saturated carbocycles. The highest BCUT2D eigenvalue weighted by Gasteiger charge is 2.50. The van der Waals surface area contributed by atoms with E-state index in [9.17, 15) is 40.7 Å². The van der Waals surface area contributed by atoms with Gasteiger partial charge in [0.25, 0.3) is 11.8 Å². The van der Waals surface area contributed by atoms with Gasteiger partial charge in [-0.3, -0.25) is 14.4 Å². The number of amides is 3. The predicted octanol–water partition coefficient (Wildman–Crippen LogP) is 10.5. The Morgan fingerprint density at radius 2 is 1.42 bits per heavy atom. The molecule has 17 heteroatoms. The Balaban J connectivity index is 0.909. The molecule has 9 nitrogen and oxygen atoms in total. The molecule has 3 aliphatic rings. The maximum Gasteiger partial charge on any atom is 0.416 e. The van der Waals surface area contributed by atoms with E-state index in [0.717, 1.165) is 16.3 Å². The molecule has 366 valence electrons. The number of likely N-dealkylation sites (tertiary alicyclic amines) is 1. The molecule has 5 aromatic carbocycles. The molecule has 0 aromatic heterocycles. The molecular formula is C52H52Cl2F6N4O5. The normalized spacial score (nSPS) is 19.4. The maximum atomic E-state index is 13.9. The molecule has 2 saturated heterocycles. The first-order valence-corrected chi connectivity index (χ1v) is 23.6. The first-order chi connectivity index (χ1) is 32.8. The third-order valence-corrected chi connectivity index (χ3v) is 14.8. The van der Waals surface area contributed by atoms with E-state index in [1.54, 1.807) is 42.1 Å². The van der Waals surface area contributed by atoms with Gasteiger partial charge in [-0.25, -0.2) is 0 Å². The average Bonchev–Trinajstić information content (AvgIpc) is 3.64. The zero-order valence-corrected chi connectivity index (χ0v) is 39.7. The molecule has 2 fully saturated rings. The highest BCUT2D eigenvalue weighted by atomic mass is 35.5. The summed E-state index contributed by atoms with van der Waals surface area (Å²) in [6, 6.07) is 27.5. The van der Waals surface area contributed by atoms with Crippen LogP contribution in [0.5, 0.6) is 0 Å². The van der Waals surface area contributed by atoms with Crippen molar-refractivity contribution in [2.75, 3.05) is 73.1 Å². The summed E-state index contributed by atoms with van der Waals surface area (Å²) in [5.41, 5.74) is -1.99. The van der Waals surface area contributed by atoms with E-state index in [1.165, 1.54) is 10.5 Å². The molecule has 8 rings (SSSR count). The summed E-state index contributed by atoms with van der Waals surface area (Å²) in [6.07, 6.45) is -7.58. The number of carbonyl (C=O) groups is 3. The summed E-state index contributed by atoms with van der Waals surface area (Å²) < 4.78 is 95.8. The van der Waals surface area contributed by atoms with Crippen molar-refractivity contribution in [2.24, 2.45) is 0 Å². The van der Waals surface area contributed by atoms with Gasteiger partial charge >= 0.3 is 12.4 Å². The van der Waals surface area contributed by atoms with Crippen LogP contribution in [-0.4, -0.2) is 117 Å². The van der Waals surface area contributed by atoms with Crippen LogP contribution in [0.1, 0.15) is 74.2 Å². The fraction of sp³-hybridized carbons (Fsp3) is 0.404. The Bertz CT molecular complexity index is 2680. The smallest absolute Gasteiger partial charge is 0.367 e. The number of benzene rings is 5. The van der Waals surface area contributed by atoms with Gasteiger partial charge in [0.05, 0.1) is 40.4 Å². The van der Waals surface area contributed by atoms with Gasteiger partial charge in [-0.1, -0.05) is 83.9 Å². The molecule has 1 aliphatic carbocycles. The van der Waals surface area contributed by atoms with E-state index < -0.39 is 40.6 Å². The second-order valence-corrected chi connectivity index (χ2v) is 19.2. The van der Waals surface area contributed by atoms with Crippen LogP contribution >= 0.6 is 23.2 Å². The van der Waals surface area contributed by atoms with Crippen LogP contribution in [0, 0.1) is 0 Å². The number of carbonyl (C=O) groups excluding carboxylic acids is 3. The fourth-order valence-corrected chi connectivity index (χ4v) is 10.4. The summed E-state index contributed by atoms with van der Waals surface area (Å²) >= 11 is 12.8. The van der Waals surface area contributed by atoms with E-state index in [-0.39, 0.29) is 65.7 Å². The third kappa shape index (κ3) is 10.9. The minimum Gasteiger partial charge on any atom is -0.367 e. The molecule has 0 N–H and O–H groups in total. The Labute approximate surface area is 406 Å². The Morgan fingerprint density at radius 1 is 0.754 bits per heavy atom. The third-order valence-electron chi connectivity index (χ3n) is 14.1. The van der Waals surface area contributed by atoms with Gasteiger partial charge in [-0.05, 0) is 115 Å². The van der Waals surface area contributed by atoms with Crippen LogP contribution in [0.15, 0.2) is 103 Å². The van der Waals surface area contributed by atoms with Gasteiger partial charge < -0.3 is 29.1 Å². The molecule has 3 amide bonds. The van der Waals surface area contributed by atoms with E-state index in [2.05, 4.69) is 17.0 Å². The predicted molar refractivity (Wildman–Crippen MR) is 251 cm³/mol. The topological polar surface area (TPSA) is 82.6 Å². The highest BCUT2D eigenvalue weighted by Crippen LogP contribution is 2.48. The average molecular weight is 998 g/mol. The van der Waals surface area contributed by atoms with Gasteiger partial charge in [-0.15, -0.1) is 0 Å². The second kappa shape index (κ2) is 20.3. The number of likely N-dealkylation sites (N-methyl/N-ethyl adjacent to an activating group) is 1. The molecule has 0 bridgehead atoms. The lowest BCUT2D eigenvalue weighted by Crippen LogP contribution is -2.54. The number of hydrogen-bond acceptors (Lipinski definition) is 6. The molecule has 0 unspecified atom stereocenters. The van der Waals surface area contributed by atoms with Crippen molar-refractivity contribution in [1.29, 1.82) is 0 Å². The van der Waals surface area contributed by atoms with Crippen LogP contribution in [0.25, 0.3) is 10.8 Å². The van der Waals surface area contributed by atoms with Crippen LogP contribution in [0.4, 0.5) is 26.3 Å². The van der Waals surface area contributed by atoms with Crippen molar-refractivity contribution in [3.8, 4) is 0 Å². The number of piperidine rings is 1. The van der Waals surface area contributed by atoms with Crippen LogP contribution in [-0.2, 0) is 44.1 Å². The summed E-state index contributed by atoms with van der Waals surface area (Å²) in [4.78, 5) is 47.4. The van der Waals surface area contributed by atoms with Crippen molar-refractivity contribution in [1.82, 2.24) is 19.6 Å². The zero-order valence-electron chi connectivity index (χ0n) is 38.1. The molecule has 69 heavy (non-hydrogen) atoms. The van der Waals surface area contributed by atoms with E-state index in [1.807, 2.05) is 54.6 Å². The molecule has 2 aliphatic heterocycles. The molecule has 2 atom stereocenters. The number of morpholine rings is 1. The summed E-state index contributed by atoms with van der Waals surface area (Å²) in [5.74, 6) is -1.25. The lowest BCUT2D eigenvalue weighted by molar-refractivity contribution is -0.143. The number of rotatable bonds is 13. The lowest BCUT2D eigenvalue weighted by Gasteiger charge is -2.46. The minimum absolute atomic E-state index is 0.00191. The number of halogens is 8. The van der Waals surface area contributed by atoms with Gasteiger partial charge in [0.2, 0.25) is 5.91 Å². The van der Waals surface area contributed by atoms with Crippen molar-refractivity contribution in [3.63, 3.8) is 0 Å². The Hall–Kier alpha value is -5.19. The Morgan fingerprint density at radius 3 is 2.12 bits per heavy atom.